The summed E-state index contributed by atoms with van der Waals surface area (Å²) in [5, 5.41) is 8.57. The van der Waals surface area contributed by atoms with Crippen LogP contribution in [0.25, 0.3) is 0 Å². The number of aliphatic hydroxyl groups excluding tert-OH is 1. The first kappa shape index (κ1) is 13.5. The lowest BCUT2D eigenvalue weighted by Crippen LogP contribution is -1.84. The Kier molecular flexibility index (Phi) is 12.1. The van der Waals surface area contributed by atoms with Gasteiger partial charge in [-0.15, -0.1) is 12.3 Å². The number of hydrogen-bond donors (Lipinski definition) is 1. The van der Waals surface area contributed by atoms with Crippen LogP contribution in [0.15, 0.2) is 0 Å². The summed E-state index contributed by atoms with van der Waals surface area (Å²) in [6, 6.07) is 0. The van der Waals surface area contributed by atoms with Crippen LogP contribution in [0.2, 0.25) is 0 Å². The number of terminal acetylenes is 1. The minimum atomic E-state index is 0.353. The average Bonchev–Trinajstić information content (AvgIpc) is 2.21. The second-order valence-electron chi connectivity index (χ2n) is 3.86. The van der Waals surface area contributed by atoms with Gasteiger partial charge in [0, 0.05) is 13.0 Å². The minimum Gasteiger partial charge on any atom is -0.396 e. The Bertz CT molecular complexity index is 135. The Hall–Kier alpha value is -0.480. The van der Waals surface area contributed by atoms with Crippen molar-refractivity contribution >= 4 is 0 Å². The van der Waals surface area contributed by atoms with E-state index in [-0.39, 0.29) is 0 Å². The summed E-state index contributed by atoms with van der Waals surface area (Å²) < 4.78 is 0. The summed E-state index contributed by atoms with van der Waals surface area (Å²) in [5.41, 5.74) is 0. The molecule has 0 fully saturated rings. The van der Waals surface area contributed by atoms with E-state index in [4.69, 9.17) is 11.5 Å². The molecule has 0 spiro atoms. The topological polar surface area (TPSA) is 20.2 Å². The van der Waals surface area contributed by atoms with Crippen molar-refractivity contribution in [1.82, 2.24) is 0 Å². The van der Waals surface area contributed by atoms with Gasteiger partial charge in [-0.3, -0.25) is 0 Å². The fraction of sp³-hybridized carbons (Fsp3) is 0.846. The van der Waals surface area contributed by atoms with Crippen LogP contribution in [-0.2, 0) is 0 Å². The highest BCUT2D eigenvalue weighted by Crippen LogP contribution is 2.09. The van der Waals surface area contributed by atoms with E-state index in [2.05, 4.69) is 5.92 Å². The molecular weight excluding hydrogens is 174 g/mol. The van der Waals surface area contributed by atoms with E-state index < -0.39 is 0 Å². The van der Waals surface area contributed by atoms with Crippen LogP contribution < -0.4 is 0 Å². The Balaban J connectivity index is 2.82. The van der Waals surface area contributed by atoms with E-state index in [0.717, 1.165) is 12.8 Å². The summed E-state index contributed by atoms with van der Waals surface area (Å²) in [4.78, 5) is 0. The van der Waals surface area contributed by atoms with E-state index in [1.165, 1.54) is 51.4 Å². The van der Waals surface area contributed by atoms with E-state index in [1.807, 2.05) is 0 Å². The fourth-order valence-corrected chi connectivity index (χ4v) is 1.58. The summed E-state index contributed by atoms with van der Waals surface area (Å²) in [6.45, 7) is 0.353. The van der Waals surface area contributed by atoms with Crippen LogP contribution in [0.4, 0.5) is 0 Å². The van der Waals surface area contributed by atoms with Gasteiger partial charge in [-0.05, 0) is 12.8 Å². The van der Waals surface area contributed by atoms with Crippen molar-refractivity contribution in [3.8, 4) is 12.3 Å². The molecule has 14 heavy (non-hydrogen) atoms. The maximum absolute atomic E-state index is 8.57. The number of rotatable bonds is 10. The minimum absolute atomic E-state index is 0.353. The molecule has 0 heterocycles. The molecule has 0 aromatic heterocycles. The molecule has 0 aliphatic rings. The highest BCUT2D eigenvalue weighted by molar-refractivity contribution is 4.82. The number of unbranched alkanes of at least 4 members (excludes halogenated alkanes) is 9. The second kappa shape index (κ2) is 12.5. The summed E-state index contributed by atoms with van der Waals surface area (Å²) in [7, 11) is 0. The third-order valence-corrected chi connectivity index (χ3v) is 2.48. The third-order valence-electron chi connectivity index (χ3n) is 2.48. The zero-order valence-electron chi connectivity index (χ0n) is 9.30. The van der Waals surface area contributed by atoms with Crippen molar-refractivity contribution < 1.29 is 5.11 Å². The van der Waals surface area contributed by atoms with Crippen molar-refractivity contribution in [2.75, 3.05) is 6.61 Å². The summed E-state index contributed by atoms with van der Waals surface area (Å²) in [5.74, 6) is 2.67. The van der Waals surface area contributed by atoms with Crippen LogP contribution in [0.3, 0.4) is 0 Å². The molecule has 82 valence electrons. The lowest BCUT2D eigenvalue weighted by atomic mass is 10.1. The van der Waals surface area contributed by atoms with E-state index >= 15 is 0 Å². The zero-order valence-corrected chi connectivity index (χ0v) is 9.30. The largest absolute Gasteiger partial charge is 0.396 e. The van der Waals surface area contributed by atoms with Crippen LogP contribution in [-0.4, -0.2) is 11.7 Å². The highest BCUT2D eigenvalue weighted by Gasteiger charge is 1.91. The standard InChI is InChI=1S/C13H24O/c1-2-3-4-5-6-7-8-9-10-11-12-13-14/h1,14H,3-13H2/i1+1,2+1. The van der Waals surface area contributed by atoms with E-state index in [1.54, 1.807) is 0 Å². The monoisotopic (exact) mass is 198 g/mol. The maximum atomic E-state index is 8.57. The van der Waals surface area contributed by atoms with Crippen molar-refractivity contribution in [1.29, 1.82) is 0 Å². The van der Waals surface area contributed by atoms with E-state index in [0.29, 0.717) is 6.61 Å². The first-order chi connectivity index (χ1) is 6.91. The van der Waals surface area contributed by atoms with Gasteiger partial charge in [0.05, 0.1) is 0 Å². The lowest BCUT2D eigenvalue weighted by Gasteiger charge is -2.00. The predicted molar refractivity (Wildman–Crippen MR) is 62.1 cm³/mol. The molecule has 0 amide bonds. The lowest BCUT2D eigenvalue weighted by molar-refractivity contribution is 0.282. The first-order valence-electron chi connectivity index (χ1n) is 5.96. The molecule has 0 radical (unpaired) electrons. The van der Waals surface area contributed by atoms with Crippen LogP contribution in [0, 0.1) is 12.3 Å². The molecule has 0 rings (SSSR count). The molecule has 0 aromatic rings. The normalized spacial score (nSPS) is 10.0. The zero-order chi connectivity index (χ0) is 10.5. The van der Waals surface area contributed by atoms with Gasteiger partial charge in [0.15, 0.2) is 0 Å². The Morgan fingerprint density at radius 3 is 1.57 bits per heavy atom. The summed E-state index contributed by atoms with van der Waals surface area (Å²) >= 11 is 0. The van der Waals surface area contributed by atoms with Crippen LogP contribution >= 0.6 is 0 Å². The van der Waals surface area contributed by atoms with Gasteiger partial charge < -0.3 is 5.11 Å². The SMILES string of the molecule is [13CH]#[13C]CCCCCCCCCCCO. The average molecular weight is 198 g/mol. The van der Waals surface area contributed by atoms with Gasteiger partial charge in [-0.2, -0.15) is 0 Å². The molecule has 0 aromatic carbocycles. The smallest absolute Gasteiger partial charge is 0.0431 e. The number of hydrogen-bond acceptors (Lipinski definition) is 1. The van der Waals surface area contributed by atoms with Gasteiger partial charge in [0.25, 0.3) is 0 Å². The predicted octanol–water partition coefficient (Wildman–Crippen LogP) is 3.51. The Morgan fingerprint density at radius 2 is 1.14 bits per heavy atom. The molecule has 0 bridgehead atoms. The highest BCUT2D eigenvalue weighted by atomic mass is 16.2. The molecule has 0 aliphatic carbocycles. The molecule has 0 aliphatic heterocycles. The molecule has 0 saturated carbocycles. The molecule has 1 N–H and O–H groups in total. The van der Waals surface area contributed by atoms with Crippen molar-refractivity contribution in [3.05, 3.63) is 0 Å². The third kappa shape index (κ3) is 11.5. The number of aliphatic hydroxyl groups is 1. The van der Waals surface area contributed by atoms with Crippen molar-refractivity contribution in [3.63, 3.8) is 0 Å². The van der Waals surface area contributed by atoms with Gasteiger partial charge in [0.2, 0.25) is 0 Å². The van der Waals surface area contributed by atoms with Crippen molar-refractivity contribution in [2.45, 2.75) is 64.2 Å². The first-order valence-corrected chi connectivity index (χ1v) is 5.96. The van der Waals surface area contributed by atoms with Gasteiger partial charge in [-0.1, -0.05) is 44.9 Å². The van der Waals surface area contributed by atoms with Crippen LogP contribution in [0.1, 0.15) is 64.2 Å². The van der Waals surface area contributed by atoms with Gasteiger partial charge in [-0.25, -0.2) is 0 Å². The Labute approximate surface area is 88.9 Å². The maximum Gasteiger partial charge on any atom is 0.0431 e. The van der Waals surface area contributed by atoms with Crippen molar-refractivity contribution in [2.24, 2.45) is 0 Å². The van der Waals surface area contributed by atoms with Gasteiger partial charge >= 0.3 is 0 Å². The second-order valence-corrected chi connectivity index (χ2v) is 3.86. The van der Waals surface area contributed by atoms with Crippen LogP contribution in [0.5, 0.6) is 0 Å². The molecular formula is C13H24O. The summed E-state index contributed by atoms with van der Waals surface area (Å²) in [6.07, 6.45) is 17.4. The molecule has 1 nitrogen and oxygen atoms in total. The quantitative estimate of drug-likeness (QED) is 0.323. The Morgan fingerprint density at radius 1 is 0.714 bits per heavy atom. The fourth-order valence-electron chi connectivity index (χ4n) is 1.58. The molecule has 0 saturated heterocycles. The molecule has 0 atom stereocenters. The van der Waals surface area contributed by atoms with E-state index in [9.17, 15) is 0 Å². The molecule has 1 heteroatoms. The van der Waals surface area contributed by atoms with Gasteiger partial charge in [0.1, 0.15) is 0 Å². The molecule has 0 unspecified atom stereocenters.